The smallest absolute Gasteiger partial charge is 0.242 e. The summed E-state index contributed by atoms with van der Waals surface area (Å²) in [5, 5.41) is 5.98. The number of halogens is 1. The number of benzene rings is 1. The fourth-order valence-corrected chi connectivity index (χ4v) is 2.01. The molecule has 22 heavy (non-hydrogen) atoms. The molecule has 2 aromatic rings. The van der Waals surface area contributed by atoms with Crippen LogP contribution in [0.5, 0.6) is 0 Å². The number of hydrogen-bond acceptors (Lipinski definition) is 3. The highest BCUT2D eigenvalue weighted by molar-refractivity contribution is 6.30. The lowest BCUT2D eigenvalue weighted by atomic mass is 10.1. The van der Waals surface area contributed by atoms with Crippen molar-refractivity contribution in [2.75, 3.05) is 0 Å². The molecule has 1 aromatic carbocycles. The second-order valence-corrected chi connectivity index (χ2v) is 5.33. The third kappa shape index (κ3) is 4.93. The summed E-state index contributed by atoms with van der Waals surface area (Å²) in [5.74, 6) is 0.178. The van der Waals surface area contributed by atoms with E-state index in [9.17, 15) is 9.59 Å². The van der Waals surface area contributed by atoms with Crippen molar-refractivity contribution in [1.29, 1.82) is 0 Å². The second-order valence-electron chi connectivity index (χ2n) is 4.89. The number of hydrogen-bond donors (Lipinski definition) is 2. The van der Waals surface area contributed by atoms with Crippen LogP contribution in [0.2, 0.25) is 5.02 Å². The first kappa shape index (κ1) is 16.1. The second kappa shape index (κ2) is 7.66. The molecule has 0 fully saturated rings. The molecule has 0 unspecified atom stereocenters. The average molecular weight is 321 g/mol. The van der Waals surface area contributed by atoms with Crippen molar-refractivity contribution in [1.82, 2.24) is 10.6 Å². The SMILES string of the molecule is C[C@H](NC(=O)Cc1ccc(Cl)cc1)C(=O)NCc1ccco1. The van der Waals surface area contributed by atoms with E-state index in [1.54, 1.807) is 49.6 Å². The summed E-state index contributed by atoms with van der Waals surface area (Å²) in [5.41, 5.74) is 0.838. The topological polar surface area (TPSA) is 71.3 Å². The van der Waals surface area contributed by atoms with Gasteiger partial charge in [-0.25, -0.2) is 0 Å². The lowest BCUT2D eigenvalue weighted by Crippen LogP contribution is -2.45. The maximum atomic E-state index is 11.9. The Balaban J connectivity index is 1.77. The maximum Gasteiger partial charge on any atom is 0.242 e. The van der Waals surface area contributed by atoms with Crippen molar-refractivity contribution in [3.8, 4) is 0 Å². The van der Waals surface area contributed by atoms with Crippen molar-refractivity contribution < 1.29 is 14.0 Å². The maximum absolute atomic E-state index is 11.9. The summed E-state index contributed by atoms with van der Waals surface area (Å²) in [6.07, 6.45) is 1.74. The van der Waals surface area contributed by atoms with Gasteiger partial charge in [0.05, 0.1) is 19.2 Å². The summed E-state index contributed by atoms with van der Waals surface area (Å²) in [6.45, 7) is 1.93. The van der Waals surface area contributed by atoms with Gasteiger partial charge in [-0.1, -0.05) is 23.7 Å². The number of carbonyl (C=O) groups is 2. The van der Waals surface area contributed by atoms with E-state index in [4.69, 9.17) is 16.0 Å². The third-order valence-electron chi connectivity index (χ3n) is 3.07. The Kier molecular flexibility index (Phi) is 5.61. The van der Waals surface area contributed by atoms with Crippen molar-refractivity contribution in [2.45, 2.75) is 25.9 Å². The van der Waals surface area contributed by atoms with Gasteiger partial charge in [0.1, 0.15) is 11.8 Å². The first-order valence-electron chi connectivity index (χ1n) is 6.88. The average Bonchev–Trinajstić information content (AvgIpc) is 3.00. The van der Waals surface area contributed by atoms with E-state index in [1.165, 1.54) is 0 Å². The number of carbonyl (C=O) groups excluding carboxylic acids is 2. The van der Waals surface area contributed by atoms with Gasteiger partial charge < -0.3 is 15.1 Å². The molecule has 1 aromatic heterocycles. The Bertz CT molecular complexity index is 623. The van der Waals surface area contributed by atoms with Gasteiger partial charge in [-0.05, 0) is 36.8 Å². The molecular formula is C16H17ClN2O3. The quantitative estimate of drug-likeness (QED) is 0.858. The largest absolute Gasteiger partial charge is 0.467 e. The van der Waals surface area contributed by atoms with Gasteiger partial charge in [0.15, 0.2) is 0 Å². The lowest BCUT2D eigenvalue weighted by Gasteiger charge is -2.13. The van der Waals surface area contributed by atoms with Crippen LogP contribution >= 0.6 is 11.6 Å². The third-order valence-corrected chi connectivity index (χ3v) is 3.32. The molecule has 116 valence electrons. The molecule has 0 saturated carbocycles. The molecule has 6 heteroatoms. The van der Waals surface area contributed by atoms with Crippen LogP contribution in [-0.4, -0.2) is 17.9 Å². The molecule has 5 nitrogen and oxygen atoms in total. The minimum Gasteiger partial charge on any atom is -0.467 e. The highest BCUT2D eigenvalue weighted by Gasteiger charge is 2.15. The molecule has 0 radical (unpaired) electrons. The van der Waals surface area contributed by atoms with Crippen LogP contribution in [0.3, 0.4) is 0 Å². The molecule has 0 aliphatic rings. The molecule has 0 spiro atoms. The molecule has 2 rings (SSSR count). The van der Waals surface area contributed by atoms with Crippen molar-refractivity contribution >= 4 is 23.4 Å². The van der Waals surface area contributed by atoms with Crippen LogP contribution in [0.4, 0.5) is 0 Å². The van der Waals surface area contributed by atoms with E-state index in [2.05, 4.69) is 10.6 Å². The van der Waals surface area contributed by atoms with Crippen LogP contribution < -0.4 is 10.6 Å². The number of rotatable bonds is 6. The molecule has 0 saturated heterocycles. The lowest BCUT2D eigenvalue weighted by molar-refractivity contribution is -0.128. The zero-order chi connectivity index (χ0) is 15.9. The van der Waals surface area contributed by atoms with E-state index < -0.39 is 6.04 Å². The normalized spacial score (nSPS) is 11.7. The Morgan fingerprint density at radius 1 is 1.23 bits per heavy atom. The standard InChI is InChI=1S/C16H17ClN2O3/c1-11(16(21)18-10-14-3-2-8-22-14)19-15(20)9-12-4-6-13(17)7-5-12/h2-8,11H,9-10H2,1H3,(H,18,21)(H,19,20)/t11-/m0/s1. The van der Waals surface area contributed by atoms with Gasteiger partial charge in [-0.2, -0.15) is 0 Å². The summed E-state index contributed by atoms with van der Waals surface area (Å²) in [7, 11) is 0. The predicted octanol–water partition coefficient (Wildman–Crippen LogP) is 2.30. The first-order chi connectivity index (χ1) is 10.5. The minimum atomic E-state index is -0.616. The van der Waals surface area contributed by atoms with Crippen LogP contribution in [0.15, 0.2) is 47.1 Å². The van der Waals surface area contributed by atoms with Gasteiger partial charge in [0.25, 0.3) is 0 Å². The molecule has 0 bridgehead atoms. The zero-order valence-corrected chi connectivity index (χ0v) is 12.9. The van der Waals surface area contributed by atoms with Gasteiger partial charge in [0, 0.05) is 5.02 Å². The molecule has 1 atom stereocenters. The van der Waals surface area contributed by atoms with Gasteiger partial charge in [-0.3, -0.25) is 9.59 Å². The minimum absolute atomic E-state index is 0.201. The van der Waals surface area contributed by atoms with Crippen LogP contribution in [0.25, 0.3) is 0 Å². The Labute approximate surface area is 133 Å². The highest BCUT2D eigenvalue weighted by Crippen LogP contribution is 2.09. The van der Waals surface area contributed by atoms with Gasteiger partial charge >= 0.3 is 0 Å². The van der Waals surface area contributed by atoms with Crippen LogP contribution in [0.1, 0.15) is 18.2 Å². The number of furan rings is 1. The van der Waals surface area contributed by atoms with Gasteiger partial charge in [-0.15, -0.1) is 0 Å². The molecular weight excluding hydrogens is 304 g/mol. The Hall–Kier alpha value is -2.27. The van der Waals surface area contributed by atoms with E-state index in [0.29, 0.717) is 17.3 Å². The summed E-state index contributed by atoms with van der Waals surface area (Å²) < 4.78 is 5.12. The van der Waals surface area contributed by atoms with E-state index in [1.807, 2.05) is 0 Å². The monoisotopic (exact) mass is 320 g/mol. The molecule has 2 N–H and O–H groups in total. The highest BCUT2D eigenvalue weighted by atomic mass is 35.5. The molecule has 0 aliphatic carbocycles. The fraction of sp³-hybridized carbons (Fsp3) is 0.250. The molecule has 1 heterocycles. The first-order valence-corrected chi connectivity index (χ1v) is 7.26. The summed E-state index contributed by atoms with van der Waals surface area (Å²) in [4.78, 5) is 23.8. The summed E-state index contributed by atoms with van der Waals surface area (Å²) >= 11 is 5.79. The Morgan fingerprint density at radius 3 is 2.59 bits per heavy atom. The predicted molar refractivity (Wildman–Crippen MR) is 83.3 cm³/mol. The van der Waals surface area contributed by atoms with Crippen molar-refractivity contribution in [3.63, 3.8) is 0 Å². The molecule has 2 amide bonds. The van der Waals surface area contributed by atoms with Crippen LogP contribution in [0, 0.1) is 0 Å². The summed E-state index contributed by atoms with van der Waals surface area (Å²) in [6, 6.07) is 9.92. The molecule has 0 aliphatic heterocycles. The van der Waals surface area contributed by atoms with E-state index in [-0.39, 0.29) is 18.2 Å². The van der Waals surface area contributed by atoms with Crippen molar-refractivity contribution in [2.24, 2.45) is 0 Å². The van der Waals surface area contributed by atoms with Crippen molar-refractivity contribution in [3.05, 3.63) is 59.0 Å². The number of amides is 2. The number of nitrogens with one attached hydrogen (secondary N) is 2. The Morgan fingerprint density at radius 2 is 1.95 bits per heavy atom. The zero-order valence-electron chi connectivity index (χ0n) is 12.1. The van der Waals surface area contributed by atoms with Gasteiger partial charge in [0.2, 0.25) is 11.8 Å². The van der Waals surface area contributed by atoms with E-state index >= 15 is 0 Å². The van der Waals surface area contributed by atoms with E-state index in [0.717, 1.165) is 5.56 Å². The fourth-order valence-electron chi connectivity index (χ4n) is 1.89. The van der Waals surface area contributed by atoms with Crippen LogP contribution in [-0.2, 0) is 22.6 Å².